The molecule has 1 rings (SSSR count). The maximum absolute atomic E-state index is 8.96. The Hall–Kier alpha value is -2.68. The van der Waals surface area contributed by atoms with Gasteiger partial charge in [-0.3, -0.25) is 0 Å². The highest BCUT2D eigenvalue weighted by Crippen LogP contribution is 2.33. The molecule has 0 amide bonds. The van der Waals surface area contributed by atoms with Crippen LogP contribution in [0.5, 0.6) is 5.75 Å². The Morgan fingerprint density at radius 2 is 1.95 bits per heavy atom. The minimum Gasteiger partial charge on any atom is -0.490 e. The van der Waals surface area contributed by atoms with Crippen LogP contribution in [0.25, 0.3) is 0 Å². The third-order valence-corrected chi connectivity index (χ3v) is 2.40. The Kier molecular flexibility index (Phi) is 5.23. The number of nitriles is 3. The normalized spacial score (nSPS) is 8.58. The second-order valence-corrected chi connectivity index (χ2v) is 3.67. The quantitative estimate of drug-likeness (QED) is 0.851. The summed E-state index contributed by atoms with van der Waals surface area (Å²) in [5.74, 6) is 0.370. The standard InChI is InChI=1S/C13H9ClN4O/c1-2-19-13-10(14)4-3-5-11(13)18-12(8-17)9(6-15)7-16/h3-5,18H,2H2,1H3. The van der Waals surface area contributed by atoms with Gasteiger partial charge in [0.05, 0.1) is 17.3 Å². The summed E-state index contributed by atoms with van der Waals surface area (Å²) >= 11 is 5.99. The fraction of sp³-hybridized carbons (Fsp3) is 0.154. The number of rotatable bonds is 4. The van der Waals surface area contributed by atoms with Gasteiger partial charge in [0, 0.05) is 0 Å². The molecule has 0 saturated carbocycles. The molecule has 1 aromatic rings. The minimum absolute atomic E-state index is 0.145. The van der Waals surface area contributed by atoms with Crippen molar-refractivity contribution in [2.45, 2.75) is 6.92 Å². The molecule has 94 valence electrons. The molecule has 0 fully saturated rings. The Balaban J connectivity index is 3.24. The molecule has 0 unspecified atom stereocenters. The highest BCUT2D eigenvalue weighted by atomic mass is 35.5. The van der Waals surface area contributed by atoms with Crippen molar-refractivity contribution >= 4 is 17.3 Å². The van der Waals surface area contributed by atoms with Crippen LogP contribution >= 0.6 is 11.6 Å². The second kappa shape index (κ2) is 6.91. The van der Waals surface area contributed by atoms with Gasteiger partial charge in [0.1, 0.15) is 23.9 Å². The molecular formula is C13H9ClN4O. The average molecular weight is 273 g/mol. The number of ether oxygens (including phenoxy) is 1. The van der Waals surface area contributed by atoms with Crippen molar-refractivity contribution in [2.75, 3.05) is 11.9 Å². The molecule has 0 atom stereocenters. The lowest BCUT2D eigenvalue weighted by molar-refractivity contribution is 0.342. The van der Waals surface area contributed by atoms with Crippen molar-refractivity contribution < 1.29 is 4.74 Å². The van der Waals surface area contributed by atoms with Gasteiger partial charge >= 0.3 is 0 Å². The van der Waals surface area contributed by atoms with Crippen LogP contribution in [0.4, 0.5) is 5.69 Å². The molecular weight excluding hydrogens is 264 g/mol. The average Bonchev–Trinajstić information content (AvgIpc) is 2.42. The zero-order chi connectivity index (χ0) is 14.3. The number of anilines is 1. The summed E-state index contributed by atoms with van der Waals surface area (Å²) < 4.78 is 5.37. The summed E-state index contributed by atoms with van der Waals surface area (Å²) in [6.45, 7) is 2.19. The molecule has 0 aliphatic carbocycles. The van der Waals surface area contributed by atoms with Crippen LogP contribution in [0.1, 0.15) is 6.92 Å². The van der Waals surface area contributed by atoms with Gasteiger partial charge < -0.3 is 10.1 Å². The predicted molar refractivity (Wildman–Crippen MR) is 70.1 cm³/mol. The molecule has 0 aliphatic heterocycles. The number of nitrogens with one attached hydrogen (secondary N) is 1. The van der Waals surface area contributed by atoms with E-state index in [-0.39, 0.29) is 11.3 Å². The van der Waals surface area contributed by atoms with Crippen LogP contribution in [-0.4, -0.2) is 6.61 Å². The van der Waals surface area contributed by atoms with Crippen LogP contribution in [0.3, 0.4) is 0 Å². The zero-order valence-electron chi connectivity index (χ0n) is 10.1. The first-order valence-electron chi connectivity index (χ1n) is 5.30. The third kappa shape index (κ3) is 3.39. The maximum atomic E-state index is 8.96. The minimum atomic E-state index is -0.301. The van der Waals surface area contributed by atoms with Gasteiger partial charge in [-0.2, -0.15) is 15.8 Å². The first-order valence-corrected chi connectivity index (χ1v) is 5.68. The first-order chi connectivity index (χ1) is 9.17. The molecule has 19 heavy (non-hydrogen) atoms. The summed E-state index contributed by atoms with van der Waals surface area (Å²) in [7, 11) is 0. The molecule has 0 aromatic heterocycles. The van der Waals surface area contributed by atoms with Crippen LogP contribution < -0.4 is 10.1 Å². The van der Waals surface area contributed by atoms with E-state index in [2.05, 4.69) is 5.32 Å². The van der Waals surface area contributed by atoms with Crippen molar-refractivity contribution in [1.29, 1.82) is 15.8 Å². The highest BCUT2D eigenvalue weighted by molar-refractivity contribution is 6.32. The topological polar surface area (TPSA) is 92.6 Å². The second-order valence-electron chi connectivity index (χ2n) is 3.26. The van der Waals surface area contributed by atoms with Crippen LogP contribution in [0.15, 0.2) is 29.5 Å². The predicted octanol–water partition coefficient (Wildman–Crippen LogP) is 2.98. The van der Waals surface area contributed by atoms with Gasteiger partial charge in [0.15, 0.2) is 11.3 Å². The van der Waals surface area contributed by atoms with E-state index in [1.54, 1.807) is 43.3 Å². The molecule has 0 aliphatic rings. The molecule has 0 saturated heterocycles. The largest absolute Gasteiger partial charge is 0.490 e. The summed E-state index contributed by atoms with van der Waals surface area (Å²) in [4.78, 5) is 0. The number of para-hydroxylation sites is 1. The van der Waals surface area contributed by atoms with E-state index in [0.29, 0.717) is 23.1 Å². The van der Waals surface area contributed by atoms with Crippen LogP contribution in [0, 0.1) is 34.0 Å². The number of allylic oxidation sites excluding steroid dienone is 2. The lowest BCUT2D eigenvalue weighted by Gasteiger charge is -2.12. The molecule has 0 bridgehead atoms. The number of halogens is 1. The van der Waals surface area contributed by atoms with E-state index in [0.717, 1.165) is 0 Å². The summed E-state index contributed by atoms with van der Waals surface area (Å²) in [6.07, 6.45) is 0. The number of hydrogen-bond donors (Lipinski definition) is 1. The van der Waals surface area contributed by atoms with Gasteiger partial charge in [-0.15, -0.1) is 0 Å². The van der Waals surface area contributed by atoms with Crippen molar-refractivity contribution in [2.24, 2.45) is 0 Å². The summed E-state index contributed by atoms with van der Waals surface area (Å²) in [5, 5.41) is 29.5. The number of benzene rings is 1. The smallest absolute Gasteiger partial charge is 0.163 e. The van der Waals surface area contributed by atoms with E-state index in [1.165, 1.54) is 0 Å². The van der Waals surface area contributed by atoms with E-state index in [9.17, 15) is 0 Å². The molecule has 0 spiro atoms. The van der Waals surface area contributed by atoms with Gasteiger partial charge in [-0.05, 0) is 19.1 Å². The number of nitrogens with zero attached hydrogens (tertiary/aromatic N) is 3. The highest BCUT2D eigenvalue weighted by Gasteiger charge is 2.12. The van der Waals surface area contributed by atoms with Crippen LogP contribution in [-0.2, 0) is 0 Å². The SMILES string of the molecule is CCOc1c(Cl)cccc1NC(C#N)=C(C#N)C#N. The first kappa shape index (κ1) is 14.4. The molecule has 5 nitrogen and oxygen atoms in total. The lowest BCUT2D eigenvalue weighted by atomic mass is 10.2. The van der Waals surface area contributed by atoms with Crippen molar-refractivity contribution in [3.05, 3.63) is 34.5 Å². The van der Waals surface area contributed by atoms with Gasteiger partial charge in [-0.25, -0.2) is 0 Å². The Labute approximate surface area is 115 Å². The molecule has 1 N–H and O–H groups in total. The zero-order valence-corrected chi connectivity index (χ0v) is 10.8. The summed E-state index contributed by atoms with van der Waals surface area (Å²) in [5.41, 5.74) is -0.0213. The van der Waals surface area contributed by atoms with E-state index < -0.39 is 0 Å². The van der Waals surface area contributed by atoms with E-state index in [1.807, 2.05) is 0 Å². The van der Waals surface area contributed by atoms with E-state index >= 15 is 0 Å². The Morgan fingerprint density at radius 1 is 1.26 bits per heavy atom. The number of hydrogen-bond acceptors (Lipinski definition) is 5. The third-order valence-electron chi connectivity index (χ3n) is 2.10. The van der Waals surface area contributed by atoms with E-state index in [4.69, 9.17) is 32.1 Å². The fourth-order valence-corrected chi connectivity index (χ4v) is 1.55. The molecule has 0 radical (unpaired) electrons. The Bertz CT molecular complexity index is 616. The van der Waals surface area contributed by atoms with Crippen molar-refractivity contribution in [3.63, 3.8) is 0 Å². The molecule has 1 aromatic carbocycles. The van der Waals surface area contributed by atoms with Crippen LogP contribution in [0.2, 0.25) is 5.02 Å². The maximum Gasteiger partial charge on any atom is 0.163 e. The van der Waals surface area contributed by atoms with Gasteiger partial charge in [0.2, 0.25) is 0 Å². The van der Waals surface area contributed by atoms with Gasteiger partial charge in [0.25, 0.3) is 0 Å². The molecule has 6 heteroatoms. The molecule has 0 heterocycles. The lowest BCUT2D eigenvalue weighted by Crippen LogP contribution is -2.04. The van der Waals surface area contributed by atoms with Crippen molar-refractivity contribution in [1.82, 2.24) is 0 Å². The monoisotopic (exact) mass is 272 g/mol. The van der Waals surface area contributed by atoms with Crippen molar-refractivity contribution in [3.8, 4) is 24.0 Å². The van der Waals surface area contributed by atoms with Gasteiger partial charge in [-0.1, -0.05) is 17.7 Å². The summed E-state index contributed by atoms with van der Waals surface area (Å²) in [6, 6.07) is 10.0. The fourth-order valence-electron chi connectivity index (χ4n) is 1.32. The Morgan fingerprint density at radius 3 is 2.47 bits per heavy atom.